The minimum absolute atomic E-state index is 0.982. The van der Waals surface area contributed by atoms with E-state index in [1.807, 2.05) is 0 Å². The second kappa shape index (κ2) is 5.09. The number of hydrogen-bond donors (Lipinski definition) is 0. The highest BCUT2D eigenvalue weighted by Gasteiger charge is 2.20. The predicted molar refractivity (Wildman–Crippen MR) is 74.8 cm³/mol. The van der Waals surface area contributed by atoms with Crippen molar-refractivity contribution < 1.29 is 0 Å². The van der Waals surface area contributed by atoms with Crippen LogP contribution in [0.4, 0.5) is 5.82 Å². The molecule has 1 aromatic rings. The van der Waals surface area contributed by atoms with Gasteiger partial charge in [-0.15, -0.1) is 0 Å². The van der Waals surface area contributed by atoms with Crippen LogP contribution in [0, 0.1) is 0 Å². The number of aryl methyl sites for hydroxylation is 1. The van der Waals surface area contributed by atoms with Crippen LogP contribution in [0.3, 0.4) is 0 Å². The van der Waals surface area contributed by atoms with Crippen molar-refractivity contribution in [1.82, 2.24) is 9.97 Å². The molecule has 0 radical (unpaired) electrons. The molecule has 1 fully saturated rings. The quantitative estimate of drug-likeness (QED) is 0.817. The fourth-order valence-corrected chi connectivity index (χ4v) is 2.85. The topological polar surface area (TPSA) is 29.0 Å². The third kappa shape index (κ3) is 2.14. The standard InChI is InChI=1S/C15H21N3/c1-2-7-14-16-13-9-6-8-12(13)15(17-14)18-10-4-3-5-11-18/h6,8H,2-5,7,9-11H2,1H3. The number of rotatable bonds is 3. The number of aromatic nitrogens is 2. The summed E-state index contributed by atoms with van der Waals surface area (Å²) in [7, 11) is 0. The summed E-state index contributed by atoms with van der Waals surface area (Å²) in [4.78, 5) is 12.0. The Balaban J connectivity index is 1.97. The van der Waals surface area contributed by atoms with Gasteiger partial charge in [-0.1, -0.05) is 19.1 Å². The van der Waals surface area contributed by atoms with Gasteiger partial charge >= 0.3 is 0 Å². The molecule has 1 aliphatic heterocycles. The highest BCUT2D eigenvalue weighted by molar-refractivity contribution is 5.69. The molecule has 1 saturated heterocycles. The van der Waals surface area contributed by atoms with Crippen molar-refractivity contribution in [1.29, 1.82) is 0 Å². The Bertz CT molecular complexity index is 459. The van der Waals surface area contributed by atoms with Gasteiger partial charge in [0.1, 0.15) is 11.6 Å². The molecule has 0 amide bonds. The van der Waals surface area contributed by atoms with Gasteiger partial charge in [-0.2, -0.15) is 0 Å². The first-order chi connectivity index (χ1) is 8.88. The van der Waals surface area contributed by atoms with E-state index < -0.39 is 0 Å². The molecule has 18 heavy (non-hydrogen) atoms. The van der Waals surface area contributed by atoms with Crippen molar-refractivity contribution in [3.63, 3.8) is 0 Å². The lowest BCUT2D eigenvalue weighted by molar-refractivity contribution is 0.571. The van der Waals surface area contributed by atoms with Gasteiger partial charge in [0.2, 0.25) is 0 Å². The summed E-state index contributed by atoms with van der Waals surface area (Å²) in [5, 5.41) is 0. The Kier molecular flexibility index (Phi) is 3.31. The van der Waals surface area contributed by atoms with Crippen molar-refractivity contribution in [2.75, 3.05) is 18.0 Å². The predicted octanol–water partition coefficient (Wildman–Crippen LogP) is 2.99. The summed E-state index contributed by atoms with van der Waals surface area (Å²) in [5.41, 5.74) is 2.51. The molecular weight excluding hydrogens is 222 g/mol. The fourth-order valence-electron chi connectivity index (χ4n) is 2.85. The number of fused-ring (bicyclic) bond motifs is 1. The molecule has 0 bridgehead atoms. The average Bonchev–Trinajstić information content (AvgIpc) is 2.87. The Morgan fingerprint density at radius 1 is 1.17 bits per heavy atom. The third-order valence-corrected chi connectivity index (χ3v) is 3.78. The van der Waals surface area contributed by atoms with Gasteiger partial charge in [0.15, 0.2) is 0 Å². The zero-order valence-corrected chi connectivity index (χ0v) is 11.2. The molecule has 0 atom stereocenters. The molecule has 2 heterocycles. The van der Waals surface area contributed by atoms with E-state index in [2.05, 4.69) is 24.0 Å². The first kappa shape index (κ1) is 11.7. The second-order valence-electron chi connectivity index (χ2n) is 5.23. The highest BCUT2D eigenvalue weighted by atomic mass is 15.2. The van der Waals surface area contributed by atoms with Gasteiger partial charge in [-0.05, 0) is 25.7 Å². The lowest BCUT2D eigenvalue weighted by atomic mass is 10.1. The van der Waals surface area contributed by atoms with Crippen molar-refractivity contribution in [2.45, 2.75) is 45.4 Å². The van der Waals surface area contributed by atoms with Crippen LogP contribution in [0.15, 0.2) is 6.08 Å². The van der Waals surface area contributed by atoms with E-state index in [-0.39, 0.29) is 0 Å². The normalized spacial score (nSPS) is 18.2. The number of hydrogen-bond acceptors (Lipinski definition) is 3. The monoisotopic (exact) mass is 243 g/mol. The maximum atomic E-state index is 4.82. The molecule has 1 aromatic heterocycles. The highest BCUT2D eigenvalue weighted by Crippen LogP contribution is 2.29. The molecule has 0 spiro atoms. The number of anilines is 1. The van der Waals surface area contributed by atoms with Crippen LogP contribution in [-0.4, -0.2) is 23.1 Å². The molecule has 0 saturated carbocycles. The molecule has 1 aliphatic carbocycles. The summed E-state index contributed by atoms with van der Waals surface area (Å²) in [6.07, 6.45) is 11.5. The van der Waals surface area contributed by atoms with E-state index >= 15 is 0 Å². The Labute approximate surface area is 109 Å². The van der Waals surface area contributed by atoms with Gasteiger partial charge in [0.25, 0.3) is 0 Å². The largest absolute Gasteiger partial charge is 0.356 e. The molecule has 0 aromatic carbocycles. The van der Waals surface area contributed by atoms with E-state index in [9.17, 15) is 0 Å². The lowest BCUT2D eigenvalue weighted by Crippen LogP contribution is -2.31. The van der Waals surface area contributed by atoms with E-state index in [4.69, 9.17) is 9.97 Å². The van der Waals surface area contributed by atoms with Crippen LogP contribution in [0.2, 0.25) is 0 Å². The summed E-state index contributed by atoms with van der Waals surface area (Å²) < 4.78 is 0. The molecule has 96 valence electrons. The van der Waals surface area contributed by atoms with E-state index in [0.29, 0.717) is 0 Å². The van der Waals surface area contributed by atoms with Gasteiger partial charge in [-0.3, -0.25) is 0 Å². The summed E-state index contributed by atoms with van der Waals surface area (Å²) in [5.74, 6) is 2.22. The summed E-state index contributed by atoms with van der Waals surface area (Å²) in [6, 6.07) is 0. The maximum Gasteiger partial charge on any atom is 0.139 e. The van der Waals surface area contributed by atoms with Crippen LogP contribution in [0.5, 0.6) is 0 Å². The van der Waals surface area contributed by atoms with E-state index in [0.717, 1.165) is 38.2 Å². The number of allylic oxidation sites excluding steroid dienone is 1. The molecule has 3 heteroatoms. The van der Waals surface area contributed by atoms with Crippen molar-refractivity contribution in [3.8, 4) is 0 Å². The molecule has 3 rings (SSSR count). The smallest absolute Gasteiger partial charge is 0.139 e. The summed E-state index contributed by atoms with van der Waals surface area (Å²) in [6.45, 7) is 4.50. The van der Waals surface area contributed by atoms with Crippen LogP contribution in [0.1, 0.15) is 49.7 Å². The third-order valence-electron chi connectivity index (χ3n) is 3.78. The molecule has 0 N–H and O–H groups in total. The van der Waals surface area contributed by atoms with Crippen molar-refractivity contribution >= 4 is 11.9 Å². The van der Waals surface area contributed by atoms with E-state index in [1.165, 1.54) is 36.3 Å². The Morgan fingerprint density at radius 3 is 2.78 bits per heavy atom. The number of nitrogens with zero attached hydrogens (tertiary/aromatic N) is 3. The molecule has 3 nitrogen and oxygen atoms in total. The second-order valence-corrected chi connectivity index (χ2v) is 5.23. The molecule has 2 aliphatic rings. The molecule has 0 unspecified atom stereocenters. The fraction of sp³-hybridized carbons (Fsp3) is 0.600. The minimum Gasteiger partial charge on any atom is -0.356 e. The van der Waals surface area contributed by atoms with Gasteiger partial charge < -0.3 is 4.90 Å². The average molecular weight is 243 g/mol. The van der Waals surface area contributed by atoms with Gasteiger partial charge in [-0.25, -0.2) is 9.97 Å². The van der Waals surface area contributed by atoms with E-state index in [1.54, 1.807) is 0 Å². The van der Waals surface area contributed by atoms with Crippen molar-refractivity contribution in [3.05, 3.63) is 23.2 Å². The van der Waals surface area contributed by atoms with Crippen LogP contribution in [-0.2, 0) is 12.8 Å². The minimum atomic E-state index is 0.982. The molecular formula is C15H21N3. The maximum absolute atomic E-state index is 4.82. The zero-order valence-electron chi connectivity index (χ0n) is 11.2. The first-order valence-corrected chi connectivity index (χ1v) is 7.19. The summed E-state index contributed by atoms with van der Waals surface area (Å²) >= 11 is 0. The van der Waals surface area contributed by atoms with Crippen LogP contribution >= 0.6 is 0 Å². The van der Waals surface area contributed by atoms with Gasteiger partial charge in [0.05, 0.1) is 5.69 Å². The first-order valence-electron chi connectivity index (χ1n) is 7.19. The van der Waals surface area contributed by atoms with Crippen molar-refractivity contribution in [2.24, 2.45) is 0 Å². The van der Waals surface area contributed by atoms with Crippen LogP contribution in [0.25, 0.3) is 6.08 Å². The van der Waals surface area contributed by atoms with Crippen LogP contribution < -0.4 is 4.90 Å². The zero-order chi connectivity index (χ0) is 12.4. The van der Waals surface area contributed by atoms with Gasteiger partial charge in [0, 0.05) is 31.5 Å². The number of piperidine rings is 1. The SMILES string of the molecule is CCCc1nc2c(c(N3CCCCC3)n1)C=CC2. The Hall–Kier alpha value is -1.38. The Morgan fingerprint density at radius 2 is 2.00 bits per heavy atom. The lowest BCUT2D eigenvalue weighted by Gasteiger charge is -2.29.